The summed E-state index contributed by atoms with van der Waals surface area (Å²) in [6, 6.07) is 16.5. The summed E-state index contributed by atoms with van der Waals surface area (Å²) in [5.74, 6) is 0. The van der Waals surface area contributed by atoms with Crippen LogP contribution in [0.1, 0.15) is 26.3 Å². The average molecular weight is 253 g/mol. The SMILES string of the molecule is CC(C)(C)c1ccc(-c2ccc(NC=O)cc2)cc1. The van der Waals surface area contributed by atoms with Crippen molar-refractivity contribution >= 4 is 12.1 Å². The summed E-state index contributed by atoms with van der Waals surface area (Å²) in [5.41, 5.74) is 4.65. The maximum atomic E-state index is 10.3. The number of hydrogen-bond donors (Lipinski definition) is 1. The molecule has 0 bridgehead atoms. The highest BCUT2D eigenvalue weighted by Gasteiger charge is 2.12. The van der Waals surface area contributed by atoms with Gasteiger partial charge in [0.15, 0.2) is 0 Å². The van der Waals surface area contributed by atoms with Crippen molar-refractivity contribution in [2.45, 2.75) is 26.2 Å². The predicted molar refractivity (Wildman–Crippen MR) is 80.3 cm³/mol. The van der Waals surface area contributed by atoms with Crippen molar-refractivity contribution in [3.8, 4) is 11.1 Å². The van der Waals surface area contributed by atoms with Gasteiger partial charge in [-0.1, -0.05) is 57.2 Å². The van der Waals surface area contributed by atoms with Gasteiger partial charge in [-0.3, -0.25) is 4.79 Å². The van der Waals surface area contributed by atoms with Gasteiger partial charge in [-0.25, -0.2) is 0 Å². The molecule has 19 heavy (non-hydrogen) atoms. The van der Waals surface area contributed by atoms with E-state index in [0.29, 0.717) is 6.41 Å². The molecule has 0 unspecified atom stereocenters. The molecule has 2 heteroatoms. The van der Waals surface area contributed by atoms with Gasteiger partial charge in [-0.15, -0.1) is 0 Å². The summed E-state index contributed by atoms with van der Waals surface area (Å²) in [7, 11) is 0. The first-order valence-corrected chi connectivity index (χ1v) is 6.42. The minimum absolute atomic E-state index is 0.177. The lowest BCUT2D eigenvalue weighted by Crippen LogP contribution is -2.10. The Morgan fingerprint density at radius 1 is 0.842 bits per heavy atom. The molecule has 0 heterocycles. The van der Waals surface area contributed by atoms with Crippen LogP contribution in [0.4, 0.5) is 5.69 Å². The van der Waals surface area contributed by atoms with Gasteiger partial charge in [-0.05, 0) is 34.2 Å². The average Bonchev–Trinajstić information content (AvgIpc) is 2.39. The van der Waals surface area contributed by atoms with Crippen molar-refractivity contribution in [1.82, 2.24) is 0 Å². The Morgan fingerprint density at radius 2 is 1.32 bits per heavy atom. The molecule has 1 N–H and O–H groups in total. The fourth-order valence-electron chi connectivity index (χ4n) is 1.99. The van der Waals surface area contributed by atoms with Crippen molar-refractivity contribution in [2.75, 3.05) is 5.32 Å². The number of rotatable bonds is 3. The maximum absolute atomic E-state index is 10.3. The number of carbonyl (C=O) groups is 1. The molecule has 0 radical (unpaired) electrons. The number of hydrogen-bond acceptors (Lipinski definition) is 1. The fourth-order valence-corrected chi connectivity index (χ4v) is 1.99. The van der Waals surface area contributed by atoms with E-state index in [0.717, 1.165) is 11.3 Å². The molecule has 0 fully saturated rings. The number of anilines is 1. The van der Waals surface area contributed by atoms with Crippen molar-refractivity contribution in [2.24, 2.45) is 0 Å². The van der Waals surface area contributed by atoms with Crippen molar-refractivity contribution in [3.05, 3.63) is 54.1 Å². The van der Waals surface area contributed by atoms with E-state index in [-0.39, 0.29) is 5.41 Å². The van der Waals surface area contributed by atoms with Gasteiger partial charge in [0.1, 0.15) is 0 Å². The normalized spacial score (nSPS) is 11.1. The van der Waals surface area contributed by atoms with Gasteiger partial charge in [0.05, 0.1) is 0 Å². The molecule has 2 aromatic rings. The molecule has 0 aliphatic carbocycles. The molecule has 0 aliphatic rings. The first-order valence-electron chi connectivity index (χ1n) is 6.42. The van der Waals surface area contributed by atoms with Gasteiger partial charge < -0.3 is 5.32 Å². The summed E-state index contributed by atoms with van der Waals surface area (Å²) in [6.45, 7) is 6.63. The van der Waals surface area contributed by atoms with Crippen LogP contribution in [-0.4, -0.2) is 6.41 Å². The van der Waals surface area contributed by atoms with Gasteiger partial charge in [-0.2, -0.15) is 0 Å². The lowest BCUT2D eigenvalue weighted by atomic mass is 9.86. The Morgan fingerprint density at radius 3 is 1.74 bits per heavy atom. The Labute approximate surface area is 114 Å². The second-order valence-corrected chi connectivity index (χ2v) is 5.67. The topological polar surface area (TPSA) is 29.1 Å². The van der Waals surface area contributed by atoms with Crippen LogP contribution < -0.4 is 5.32 Å². The molecule has 0 atom stereocenters. The molecular weight excluding hydrogens is 234 g/mol. The van der Waals surface area contributed by atoms with Crippen molar-refractivity contribution in [3.63, 3.8) is 0 Å². The fraction of sp³-hybridized carbons (Fsp3) is 0.235. The van der Waals surface area contributed by atoms with Crippen LogP contribution in [0.15, 0.2) is 48.5 Å². The van der Waals surface area contributed by atoms with E-state index in [2.05, 4.69) is 50.4 Å². The van der Waals surface area contributed by atoms with Gasteiger partial charge in [0.2, 0.25) is 6.41 Å². The monoisotopic (exact) mass is 253 g/mol. The second kappa shape index (κ2) is 5.27. The standard InChI is InChI=1S/C17H19NO/c1-17(2,3)15-8-4-13(5-9-15)14-6-10-16(11-7-14)18-12-19/h4-12H,1-3H3,(H,18,19). The third-order valence-corrected chi connectivity index (χ3v) is 3.19. The van der Waals surface area contributed by atoms with Gasteiger partial charge in [0.25, 0.3) is 0 Å². The first-order chi connectivity index (χ1) is 9.00. The lowest BCUT2D eigenvalue weighted by molar-refractivity contribution is -0.105. The molecule has 2 nitrogen and oxygen atoms in total. The van der Waals surface area contributed by atoms with Crippen LogP contribution in [0.5, 0.6) is 0 Å². The highest BCUT2D eigenvalue weighted by atomic mass is 16.1. The third-order valence-electron chi connectivity index (χ3n) is 3.19. The van der Waals surface area contributed by atoms with E-state index in [1.165, 1.54) is 11.1 Å². The van der Waals surface area contributed by atoms with Crippen LogP contribution in [0.25, 0.3) is 11.1 Å². The van der Waals surface area contributed by atoms with Crippen LogP contribution in [0.2, 0.25) is 0 Å². The summed E-state index contributed by atoms with van der Waals surface area (Å²) >= 11 is 0. The van der Waals surface area contributed by atoms with E-state index >= 15 is 0 Å². The largest absolute Gasteiger partial charge is 0.329 e. The highest BCUT2D eigenvalue weighted by Crippen LogP contribution is 2.26. The molecule has 0 aromatic heterocycles. The molecule has 2 aromatic carbocycles. The van der Waals surface area contributed by atoms with E-state index < -0.39 is 0 Å². The number of nitrogens with one attached hydrogen (secondary N) is 1. The Hall–Kier alpha value is -2.09. The molecule has 0 aliphatic heterocycles. The zero-order valence-corrected chi connectivity index (χ0v) is 11.6. The van der Waals surface area contributed by atoms with Crippen molar-refractivity contribution < 1.29 is 4.79 Å². The van der Waals surface area contributed by atoms with Crippen LogP contribution in [0.3, 0.4) is 0 Å². The molecule has 2 rings (SSSR count). The number of carbonyl (C=O) groups excluding carboxylic acids is 1. The van der Waals surface area contributed by atoms with E-state index in [1.807, 2.05) is 24.3 Å². The van der Waals surface area contributed by atoms with E-state index in [1.54, 1.807) is 0 Å². The zero-order chi connectivity index (χ0) is 13.9. The number of benzene rings is 2. The number of amides is 1. The molecule has 0 saturated carbocycles. The maximum Gasteiger partial charge on any atom is 0.211 e. The Bertz CT molecular complexity index is 547. The van der Waals surface area contributed by atoms with Crippen LogP contribution >= 0.6 is 0 Å². The van der Waals surface area contributed by atoms with E-state index in [9.17, 15) is 4.79 Å². The quantitative estimate of drug-likeness (QED) is 0.815. The predicted octanol–water partition coefficient (Wildman–Crippen LogP) is 4.22. The smallest absolute Gasteiger partial charge is 0.211 e. The molecule has 0 spiro atoms. The van der Waals surface area contributed by atoms with Gasteiger partial charge >= 0.3 is 0 Å². The molecule has 1 amide bonds. The Balaban J connectivity index is 2.24. The summed E-state index contributed by atoms with van der Waals surface area (Å²) in [5, 5.41) is 2.63. The minimum atomic E-state index is 0.177. The minimum Gasteiger partial charge on any atom is -0.329 e. The summed E-state index contributed by atoms with van der Waals surface area (Å²) in [6.07, 6.45) is 0.688. The van der Waals surface area contributed by atoms with Crippen molar-refractivity contribution in [1.29, 1.82) is 0 Å². The first kappa shape index (κ1) is 13.3. The molecule has 0 saturated heterocycles. The summed E-state index contributed by atoms with van der Waals surface area (Å²) < 4.78 is 0. The summed E-state index contributed by atoms with van der Waals surface area (Å²) in [4.78, 5) is 10.3. The highest BCUT2D eigenvalue weighted by molar-refractivity contribution is 5.73. The Kier molecular flexibility index (Phi) is 3.70. The third kappa shape index (κ3) is 3.22. The molecule has 98 valence electrons. The van der Waals surface area contributed by atoms with Crippen LogP contribution in [-0.2, 0) is 10.2 Å². The van der Waals surface area contributed by atoms with Crippen LogP contribution in [0, 0.1) is 0 Å². The van der Waals surface area contributed by atoms with E-state index in [4.69, 9.17) is 0 Å². The zero-order valence-electron chi connectivity index (χ0n) is 11.6. The van der Waals surface area contributed by atoms with Gasteiger partial charge in [0, 0.05) is 5.69 Å². The molecular formula is C17H19NO. The lowest BCUT2D eigenvalue weighted by Gasteiger charge is -2.19. The second-order valence-electron chi connectivity index (χ2n) is 5.67.